The van der Waals surface area contributed by atoms with Gasteiger partial charge in [-0.1, -0.05) is 17.7 Å². The average molecular weight is 315 g/mol. The average Bonchev–Trinajstić information content (AvgIpc) is 2.36. The third-order valence-corrected chi connectivity index (χ3v) is 4.18. The molecule has 7 heteroatoms. The molecule has 0 fully saturated rings. The molecule has 1 aromatic carbocycles. The molecule has 2 aromatic rings. The lowest BCUT2D eigenvalue weighted by Gasteiger charge is -2.10. The van der Waals surface area contributed by atoms with Gasteiger partial charge in [-0.05, 0) is 36.2 Å². The van der Waals surface area contributed by atoms with E-state index < -0.39 is 15.8 Å². The van der Waals surface area contributed by atoms with Gasteiger partial charge in [-0.25, -0.2) is 12.8 Å². The van der Waals surface area contributed by atoms with Crippen LogP contribution in [0.2, 0.25) is 5.02 Å². The summed E-state index contributed by atoms with van der Waals surface area (Å²) in [5.41, 5.74) is 1.59. The van der Waals surface area contributed by atoms with E-state index in [0.717, 1.165) is 11.6 Å². The monoisotopic (exact) mass is 314 g/mol. The van der Waals surface area contributed by atoms with Crippen molar-refractivity contribution in [3.8, 4) is 0 Å². The molecular formula is C13H12ClFN2O2S. The summed E-state index contributed by atoms with van der Waals surface area (Å²) in [6.07, 6.45) is 3.01. The van der Waals surface area contributed by atoms with Gasteiger partial charge in [-0.2, -0.15) is 0 Å². The molecule has 0 amide bonds. The first-order valence-electron chi connectivity index (χ1n) is 5.72. The van der Waals surface area contributed by atoms with Crippen molar-refractivity contribution < 1.29 is 12.8 Å². The normalized spacial score (nSPS) is 11.3. The molecular weight excluding hydrogens is 303 g/mol. The molecule has 0 unspecified atom stereocenters. The van der Waals surface area contributed by atoms with Crippen LogP contribution in [0.4, 0.5) is 10.1 Å². The highest BCUT2D eigenvalue weighted by atomic mass is 35.5. The minimum Gasteiger partial charge on any atom is -0.281 e. The Kier molecular flexibility index (Phi) is 4.25. The number of sulfonamides is 1. The first-order valence-corrected chi connectivity index (χ1v) is 7.75. The highest BCUT2D eigenvalue weighted by Crippen LogP contribution is 2.19. The maximum absolute atomic E-state index is 13.0. The topological polar surface area (TPSA) is 59.1 Å². The fraction of sp³-hybridized carbons (Fsp3) is 0.154. The van der Waals surface area contributed by atoms with Gasteiger partial charge in [0.2, 0.25) is 10.0 Å². The molecule has 1 heterocycles. The first kappa shape index (κ1) is 14.7. The lowest BCUT2D eigenvalue weighted by Crippen LogP contribution is -2.16. The number of aromatic nitrogens is 1. The minimum atomic E-state index is -3.61. The first-order chi connectivity index (χ1) is 9.37. The lowest BCUT2D eigenvalue weighted by molar-refractivity contribution is 0.600. The molecule has 0 saturated carbocycles. The van der Waals surface area contributed by atoms with Crippen molar-refractivity contribution in [1.29, 1.82) is 0 Å². The summed E-state index contributed by atoms with van der Waals surface area (Å²) >= 11 is 5.63. The summed E-state index contributed by atoms with van der Waals surface area (Å²) < 4.78 is 39.6. The number of hydrogen-bond acceptors (Lipinski definition) is 3. The molecule has 0 aliphatic rings. The van der Waals surface area contributed by atoms with Crippen molar-refractivity contribution in [3.05, 3.63) is 58.6 Å². The minimum absolute atomic E-state index is 0.102. The van der Waals surface area contributed by atoms with Crippen LogP contribution in [-0.2, 0) is 15.8 Å². The zero-order valence-corrected chi connectivity index (χ0v) is 12.2. The van der Waals surface area contributed by atoms with E-state index in [1.807, 2.05) is 0 Å². The zero-order valence-electron chi connectivity index (χ0n) is 10.6. The summed E-state index contributed by atoms with van der Waals surface area (Å²) in [7, 11) is -3.61. The van der Waals surface area contributed by atoms with Crippen molar-refractivity contribution in [1.82, 2.24) is 4.98 Å². The van der Waals surface area contributed by atoms with Gasteiger partial charge >= 0.3 is 0 Å². The summed E-state index contributed by atoms with van der Waals surface area (Å²) in [6.45, 7) is 1.77. The van der Waals surface area contributed by atoms with Crippen LogP contribution >= 0.6 is 11.6 Å². The maximum Gasteiger partial charge on any atom is 0.236 e. The summed E-state index contributed by atoms with van der Waals surface area (Å²) in [5.74, 6) is -0.870. The Labute approximate surface area is 121 Å². The Morgan fingerprint density at radius 2 is 2.10 bits per heavy atom. The molecule has 0 atom stereocenters. The Hall–Kier alpha value is -1.66. The number of nitrogens with zero attached hydrogens (tertiary/aromatic N) is 1. The molecule has 0 aliphatic carbocycles. The van der Waals surface area contributed by atoms with E-state index in [4.69, 9.17) is 11.6 Å². The molecule has 1 aromatic heterocycles. The molecule has 20 heavy (non-hydrogen) atoms. The Balaban J connectivity index is 2.19. The van der Waals surface area contributed by atoms with Gasteiger partial charge in [0.1, 0.15) is 5.82 Å². The van der Waals surface area contributed by atoms with Crippen LogP contribution in [0.1, 0.15) is 11.1 Å². The van der Waals surface area contributed by atoms with Gasteiger partial charge in [0.25, 0.3) is 0 Å². The van der Waals surface area contributed by atoms with Crippen LogP contribution in [-0.4, -0.2) is 13.4 Å². The second-order valence-corrected chi connectivity index (χ2v) is 6.43. The largest absolute Gasteiger partial charge is 0.281 e. The van der Waals surface area contributed by atoms with Crippen LogP contribution in [0.25, 0.3) is 0 Å². The smallest absolute Gasteiger partial charge is 0.236 e. The SMILES string of the molecule is Cc1ccncc1NS(=O)(=O)Cc1ccc(F)c(Cl)c1. The number of nitrogens with one attached hydrogen (secondary N) is 1. The number of aryl methyl sites for hydroxylation is 1. The predicted molar refractivity (Wildman–Crippen MR) is 76.6 cm³/mol. The second kappa shape index (κ2) is 5.76. The van der Waals surface area contributed by atoms with Crippen molar-refractivity contribution in [3.63, 3.8) is 0 Å². The molecule has 0 bridgehead atoms. The standard InChI is InChI=1S/C13H12ClFN2O2S/c1-9-4-5-16-7-13(9)17-20(18,19)8-10-2-3-12(15)11(14)6-10/h2-7,17H,8H2,1H3. The highest BCUT2D eigenvalue weighted by molar-refractivity contribution is 7.91. The summed E-state index contributed by atoms with van der Waals surface area (Å²) in [5, 5.41) is -0.102. The number of halogens is 2. The molecule has 106 valence electrons. The Morgan fingerprint density at radius 3 is 2.75 bits per heavy atom. The fourth-order valence-corrected chi connectivity index (χ4v) is 3.07. The van der Waals surface area contributed by atoms with E-state index in [-0.39, 0.29) is 10.8 Å². The fourth-order valence-electron chi connectivity index (χ4n) is 1.62. The van der Waals surface area contributed by atoms with Crippen molar-refractivity contribution in [2.75, 3.05) is 4.72 Å². The zero-order chi connectivity index (χ0) is 14.8. The molecule has 1 N–H and O–H groups in total. The number of benzene rings is 1. The van der Waals surface area contributed by atoms with Crippen LogP contribution in [0.15, 0.2) is 36.7 Å². The van der Waals surface area contributed by atoms with E-state index in [0.29, 0.717) is 11.3 Å². The lowest BCUT2D eigenvalue weighted by atomic mass is 10.2. The van der Waals surface area contributed by atoms with Crippen molar-refractivity contribution >= 4 is 27.3 Å². The number of hydrogen-bond donors (Lipinski definition) is 1. The molecule has 0 aliphatic heterocycles. The highest BCUT2D eigenvalue weighted by Gasteiger charge is 2.14. The third-order valence-electron chi connectivity index (χ3n) is 2.65. The van der Waals surface area contributed by atoms with Gasteiger partial charge in [-0.15, -0.1) is 0 Å². The molecule has 0 radical (unpaired) electrons. The van der Waals surface area contributed by atoms with Gasteiger partial charge in [0.15, 0.2) is 0 Å². The maximum atomic E-state index is 13.0. The number of rotatable bonds is 4. The van der Waals surface area contributed by atoms with Crippen molar-refractivity contribution in [2.24, 2.45) is 0 Å². The molecule has 4 nitrogen and oxygen atoms in total. The van der Waals surface area contributed by atoms with E-state index >= 15 is 0 Å². The van der Waals surface area contributed by atoms with Crippen molar-refractivity contribution in [2.45, 2.75) is 12.7 Å². The van der Waals surface area contributed by atoms with Crippen LogP contribution < -0.4 is 4.72 Å². The van der Waals surface area contributed by atoms with Gasteiger partial charge in [-0.3, -0.25) is 9.71 Å². The van der Waals surface area contributed by atoms with Gasteiger partial charge < -0.3 is 0 Å². The van der Waals surface area contributed by atoms with Gasteiger partial charge in [0.05, 0.1) is 22.7 Å². The van der Waals surface area contributed by atoms with E-state index in [1.54, 1.807) is 19.2 Å². The van der Waals surface area contributed by atoms with E-state index in [2.05, 4.69) is 9.71 Å². The van der Waals surface area contributed by atoms with Crippen LogP contribution in [0, 0.1) is 12.7 Å². The summed E-state index contributed by atoms with van der Waals surface area (Å²) in [6, 6.07) is 5.53. The van der Waals surface area contributed by atoms with E-state index in [1.165, 1.54) is 18.3 Å². The second-order valence-electron chi connectivity index (χ2n) is 4.30. The Bertz CT molecular complexity index is 735. The van der Waals surface area contributed by atoms with Crippen LogP contribution in [0.3, 0.4) is 0 Å². The summed E-state index contributed by atoms with van der Waals surface area (Å²) in [4.78, 5) is 3.86. The Morgan fingerprint density at radius 1 is 1.35 bits per heavy atom. The number of pyridine rings is 1. The van der Waals surface area contributed by atoms with Gasteiger partial charge in [0, 0.05) is 6.20 Å². The molecule has 0 spiro atoms. The van der Waals surface area contributed by atoms with E-state index in [9.17, 15) is 12.8 Å². The van der Waals surface area contributed by atoms with Crippen LogP contribution in [0.5, 0.6) is 0 Å². The quantitative estimate of drug-likeness (QED) is 0.943. The third kappa shape index (κ3) is 3.68. The predicted octanol–water partition coefficient (Wildman–Crippen LogP) is 3.12. The number of anilines is 1. The molecule has 0 saturated heterocycles. The molecule has 2 rings (SSSR count).